The van der Waals surface area contributed by atoms with E-state index in [0.717, 1.165) is 12.1 Å². The van der Waals surface area contributed by atoms with Crippen LogP contribution in [0.3, 0.4) is 0 Å². The molecule has 0 aliphatic carbocycles. The summed E-state index contributed by atoms with van der Waals surface area (Å²) in [6.07, 6.45) is -3.36. The Bertz CT molecular complexity index is 683. The third-order valence-electron chi connectivity index (χ3n) is 3.84. The molecule has 0 radical (unpaired) electrons. The van der Waals surface area contributed by atoms with Gasteiger partial charge in [0.05, 0.1) is 11.6 Å². The lowest BCUT2D eigenvalue weighted by molar-refractivity contribution is -0.137. The van der Waals surface area contributed by atoms with Crippen LogP contribution >= 0.6 is 0 Å². The highest BCUT2D eigenvalue weighted by Crippen LogP contribution is 2.38. The molecular weight excluding hydrogens is 297 g/mol. The van der Waals surface area contributed by atoms with Crippen molar-refractivity contribution in [1.82, 2.24) is 14.8 Å². The third kappa shape index (κ3) is 2.54. The Morgan fingerprint density at radius 1 is 1.32 bits per heavy atom. The molecule has 1 aliphatic heterocycles. The molecule has 22 heavy (non-hydrogen) atoms. The fraction of sp³-hybridized carbons (Fsp3) is 0.429. The summed E-state index contributed by atoms with van der Waals surface area (Å²) in [5.74, 6) is 0.643. The van der Waals surface area contributed by atoms with Crippen molar-refractivity contribution in [3.8, 4) is 0 Å². The molecule has 0 spiro atoms. The predicted molar refractivity (Wildman–Crippen MR) is 73.0 cm³/mol. The first-order valence-electron chi connectivity index (χ1n) is 6.82. The van der Waals surface area contributed by atoms with Crippen LogP contribution in [-0.4, -0.2) is 21.9 Å². The predicted octanol–water partition coefficient (Wildman–Crippen LogP) is 2.95. The molecule has 2 N–H and O–H groups in total. The summed E-state index contributed by atoms with van der Waals surface area (Å²) in [5, 5.41) is 4.12. The van der Waals surface area contributed by atoms with Crippen molar-refractivity contribution in [2.75, 3.05) is 12.8 Å². The SMILES string of the molecule is COC1CCC(c2cccc(C(F)(F)F)c2)n2nc(N)nc21. The van der Waals surface area contributed by atoms with E-state index in [-0.39, 0.29) is 18.1 Å². The van der Waals surface area contributed by atoms with E-state index in [2.05, 4.69) is 10.1 Å². The van der Waals surface area contributed by atoms with E-state index >= 15 is 0 Å². The number of hydrogen-bond acceptors (Lipinski definition) is 4. The maximum absolute atomic E-state index is 12.9. The number of alkyl halides is 3. The quantitative estimate of drug-likeness (QED) is 0.926. The highest BCUT2D eigenvalue weighted by atomic mass is 19.4. The molecule has 0 fully saturated rings. The van der Waals surface area contributed by atoms with Gasteiger partial charge in [-0.2, -0.15) is 18.2 Å². The van der Waals surface area contributed by atoms with Gasteiger partial charge in [0.2, 0.25) is 5.95 Å². The largest absolute Gasteiger partial charge is 0.416 e. The van der Waals surface area contributed by atoms with Crippen molar-refractivity contribution < 1.29 is 17.9 Å². The lowest BCUT2D eigenvalue weighted by Gasteiger charge is -2.28. The van der Waals surface area contributed by atoms with E-state index < -0.39 is 11.7 Å². The zero-order chi connectivity index (χ0) is 15.9. The minimum Gasteiger partial charge on any atom is -0.373 e. The van der Waals surface area contributed by atoms with Gasteiger partial charge in [0.25, 0.3) is 0 Å². The second-order valence-electron chi connectivity index (χ2n) is 5.21. The van der Waals surface area contributed by atoms with Crippen LogP contribution in [0, 0.1) is 0 Å². The number of methoxy groups -OCH3 is 1. The van der Waals surface area contributed by atoms with Gasteiger partial charge in [0.15, 0.2) is 5.82 Å². The highest BCUT2D eigenvalue weighted by Gasteiger charge is 2.34. The van der Waals surface area contributed by atoms with Crippen LogP contribution in [-0.2, 0) is 10.9 Å². The Morgan fingerprint density at radius 3 is 2.77 bits per heavy atom. The molecule has 2 unspecified atom stereocenters. The number of benzene rings is 1. The number of fused-ring (bicyclic) bond motifs is 1. The smallest absolute Gasteiger partial charge is 0.373 e. The topological polar surface area (TPSA) is 66.0 Å². The standard InChI is InChI=1S/C14H15F3N4O/c1-22-11-6-5-10(21-12(11)19-13(18)20-21)8-3-2-4-9(7-8)14(15,16)17/h2-4,7,10-11H,5-6H2,1H3,(H2,18,20). The van der Waals surface area contributed by atoms with Crippen molar-refractivity contribution in [3.63, 3.8) is 0 Å². The van der Waals surface area contributed by atoms with Crippen LogP contribution in [0.4, 0.5) is 19.1 Å². The Hall–Kier alpha value is -2.09. The molecule has 2 atom stereocenters. The normalized spacial score (nSPS) is 21.6. The number of anilines is 1. The number of nitrogens with two attached hydrogens (primary N) is 1. The Kier molecular flexibility index (Phi) is 3.56. The minimum atomic E-state index is -4.37. The third-order valence-corrected chi connectivity index (χ3v) is 3.84. The fourth-order valence-corrected chi connectivity index (χ4v) is 2.82. The number of ether oxygens (including phenoxy) is 1. The van der Waals surface area contributed by atoms with E-state index in [1.807, 2.05) is 0 Å². The lowest BCUT2D eigenvalue weighted by atomic mass is 9.95. The van der Waals surface area contributed by atoms with E-state index in [1.165, 1.54) is 6.07 Å². The van der Waals surface area contributed by atoms with Crippen molar-refractivity contribution >= 4 is 5.95 Å². The monoisotopic (exact) mass is 312 g/mol. The second kappa shape index (κ2) is 5.28. The molecule has 118 valence electrons. The Labute approximate surface area is 124 Å². The molecule has 1 aromatic carbocycles. The van der Waals surface area contributed by atoms with Crippen LogP contribution in [0.1, 0.15) is 41.9 Å². The Morgan fingerprint density at radius 2 is 2.09 bits per heavy atom. The summed E-state index contributed by atoms with van der Waals surface area (Å²) in [6, 6.07) is 4.95. The molecular formula is C14H15F3N4O. The van der Waals surface area contributed by atoms with E-state index in [9.17, 15) is 13.2 Å². The van der Waals surface area contributed by atoms with Gasteiger partial charge < -0.3 is 10.5 Å². The molecule has 2 heterocycles. The zero-order valence-electron chi connectivity index (χ0n) is 11.8. The number of nitrogens with zero attached hydrogens (tertiary/aromatic N) is 3. The van der Waals surface area contributed by atoms with Gasteiger partial charge in [-0.3, -0.25) is 0 Å². The van der Waals surface area contributed by atoms with Crippen LogP contribution < -0.4 is 5.73 Å². The number of nitrogen functional groups attached to an aromatic ring is 1. The van der Waals surface area contributed by atoms with Gasteiger partial charge in [-0.05, 0) is 30.5 Å². The number of hydrogen-bond donors (Lipinski definition) is 1. The summed E-state index contributed by atoms with van der Waals surface area (Å²) < 4.78 is 45.5. The second-order valence-corrected chi connectivity index (χ2v) is 5.21. The summed E-state index contributed by atoms with van der Waals surface area (Å²) in [4.78, 5) is 4.13. The van der Waals surface area contributed by atoms with Crippen LogP contribution in [0.25, 0.3) is 0 Å². The maximum Gasteiger partial charge on any atom is 0.416 e. The number of rotatable bonds is 2. The zero-order valence-corrected chi connectivity index (χ0v) is 11.8. The van der Waals surface area contributed by atoms with E-state index in [0.29, 0.717) is 24.2 Å². The number of aromatic nitrogens is 3. The first-order chi connectivity index (χ1) is 10.4. The summed E-state index contributed by atoms with van der Waals surface area (Å²) in [7, 11) is 1.56. The molecule has 2 aromatic rings. The van der Waals surface area contributed by atoms with Gasteiger partial charge in [-0.15, -0.1) is 5.10 Å². The molecule has 0 saturated carbocycles. The molecule has 0 saturated heterocycles. The van der Waals surface area contributed by atoms with Crippen molar-refractivity contribution in [2.45, 2.75) is 31.2 Å². The van der Waals surface area contributed by atoms with Crippen molar-refractivity contribution in [2.24, 2.45) is 0 Å². The molecule has 5 nitrogen and oxygen atoms in total. The van der Waals surface area contributed by atoms with Gasteiger partial charge in [0.1, 0.15) is 6.10 Å². The van der Waals surface area contributed by atoms with Gasteiger partial charge >= 0.3 is 6.18 Å². The average Bonchev–Trinajstić information content (AvgIpc) is 2.86. The first kappa shape index (κ1) is 14.8. The summed E-state index contributed by atoms with van der Waals surface area (Å²) in [6.45, 7) is 0. The number of halogens is 3. The maximum atomic E-state index is 12.9. The average molecular weight is 312 g/mol. The van der Waals surface area contributed by atoms with Crippen molar-refractivity contribution in [3.05, 3.63) is 41.2 Å². The Balaban J connectivity index is 2.03. The van der Waals surface area contributed by atoms with Crippen molar-refractivity contribution in [1.29, 1.82) is 0 Å². The van der Waals surface area contributed by atoms with Crippen LogP contribution in [0.15, 0.2) is 24.3 Å². The van der Waals surface area contributed by atoms with Crippen LogP contribution in [0.2, 0.25) is 0 Å². The van der Waals surface area contributed by atoms with Gasteiger partial charge in [0, 0.05) is 7.11 Å². The molecule has 1 aliphatic rings. The van der Waals surface area contributed by atoms with Gasteiger partial charge in [-0.1, -0.05) is 12.1 Å². The minimum absolute atomic E-state index is 0.0934. The molecule has 1 aromatic heterocycles. The molecule has 8 heteroatoms. The molecule has 3 rings (SSSR count). The van der Waals surface area contributed by atoms with E-state index in [4.69, 9.17) is 10.5 Å². The molecule has 0 amide bonds. The van der Waals surface area contributed by atoms with Gasteiger partial charge in [-0.25, -0.2) is 4.68 Å². The fourth-order valence-electron chi connectivity index (χ4n) is 2.82. The highest BCUT2D eigenvalue weighted by molar-refractivity contribution is 5.30. The van der Waals surface area contributed by atoms with Crippen LogP contribution in [0.5, 0.6) is 0 Å². The summed E-state index contributed by atoms with van der Waals surface area (Å²) in [5.41, 5.74) is 5.50. The van der Waals surface area contributed by atoms with E-state index in [1.54, 1.807) is 17.9 Å². The lowest BCUT2D eigenvalue weighted by Crippen LogP contribution is -2.24. The first-order valence-corrected chi connectivity index (χ1v) is 6.82. The molecule has 0 bridgehead atoms. The summed E-state index contributed by atoms with van der Waals surface area (Å²) >= 11 is 0.